The fraction of sp³-hybridized carbons (Fsp3) is 0.852. The lowest BCUT2D eigenvalue weighted by Gasteiger charge is -2.08. The van der Waals surface area contributed by atoms with E-state index in [1.165, 1.54) is 64.7 Å². The van der Waals surface area contributed by atoms with Crippen LogP contribution in [0, 0.1) is 0 Å². The van der Waals surface area contributed by atoms with Crippen LogP contribution in [0.25, 0.3) is 0 Å². The van der Waals surface area contributed by atoms with E-state index in [9.17, 15) is 9.59 Å². The highest BCUT2D eigenvalue weighted by Gasteiger charge is 2.12. The van der Waals surface area contributed by atoms with Crippen LogP contribution in [0.4, 0.5) is 0 Å². The molecule has 0 aromatic carbocycles. The van der Waals surface area contributed by atoms with Crippen molar-refractivity contribution < 1.29 is 14.7 Å². The van der Waals surface area contributed by atoms with E-state index in [-0.39, 0.29) is 5.91 Å². The summed E-state index contributed by atoms with van der Waals surface area (Å²) < 4.78 is 0. The van der Waals surface area contributed by atoms with E-state index in [4.69, 9.17) is 5.11 Å². The van der Waals surface area contributed by atoms with Gasteiger partial charge in [-0.25, -0.2) is 0 Å². The molecule has 4 nitrogen and oxygen atoms in total. The van der Waals surface area contributed by atoms with Crippen LogP contribution in [-0.2, 0) is 9.59 Å². The van der Waals surface area contributed by atoms with Crippen LogP contribution in [0.1, 0.15) is 145 Å². The Bertz CT molecular complexity index is 367. The van der Waals surface area contributed by atoms with Crippen molar-refractivity contribution >= 4 is 11.9 Å². The van der Waals surface area contributed by atoms with Crippen molar-refractivity contribution in [2.75, 3.05) is 0 Å². The minimum atomic E-state index is -0.989. The number of hydrogen-bond acceptors (Lipinski definition) is 2. The third kappa shape index (κ3) is 39.7. The van der Waals surface area contributed by atoms with Gasteiger partial charge in [-0.3, -0.25) is 9.59 Å². The molecule has 0 aliphatic carbocycles. The maximum Gasteiger partial charge on any atom is 0.325 e. The normalized spacial score (nSPS) is 10.6. The zero-order valence-electron chi connectivity index (χ0n) is 22.4. The zero-order chi connectivity index (χ0) is 24.8. The summed E-state index contributed by atoms with van der Waals surface area (Å²) in [7, 11) is 0. The third-order valence-electron chi connectivity index (χ3n) is 4.16. The van der Waals surface area contributed by atoms with Gasteiger partial charge < -0.3 is 10.4 Å². The summed E-state index contributed by atoms with van der Waals surface area (Å²) in [5, 5.41) is 11.2. The molecule has 0 aliphatic rings. The maximum atomic E-state index is 11.5. The van der Waals surface area contributed by atoms with Crippen LogP contribution >= 0.6 is 0 Å². The molecule has 0 aromatic rings. The van der Waals surface area contributed by atoms with Crippen molar-refractivity contribution in [1.82, 2.24) is 5.32 Å². The van der Waals surface area contributed by atoms with Crippen LogP contribution in [0.5, 0.6) is 0 Å². The monoisotopic (exact) mass is 443 g/mol. The SMILES string of the molecule is CC.CC.CCC.CCCCCCC/C=C\CCCCCCCC(=O)NC(C)C(=O)O. The molecule has 0 fully saturated rings. The van der Waals surface area contributed by atoms with E-state index in [0.29, 0.717) is 6.42 Å². The molecule has 1 amide bonds. The number of carboxylic acid groups (broad SMARTS) is 1. The molecule has 1 unspecified atom stereocenters. The average Bonchev–Trinajstić information content (AvgIpc) is 2.77. The smallest absolute Gasteiger partial charge is 0.325 e. The number of rotatable bonds is 16. The minimum Gasteiger partial charge on any atom is -0.480 e. The van der Waals surface area contributed by atoms with Crippen molar-refractivity contribution in [1.29, 1.82) is 0 Å². The first kappa shape index (κ1) is 37.0. The predicted molar refractivity (Wildman–Crippen MR) is 139 cm³/mol. The Morgan fingerprint density at radius 1 is 0.742 bits per heavy atom. The van der Waals surface area contributed by atoms with Crippen molar-refractivity contribution in [3.63, 3.8) is 0 Å². The molecular weight excluding hydrogens is 386 g/mol. The van der Waals surface area contributed by atoms with E-state index in [0.717, 1.165) is 25.7 Å². The summed E-state index contributed by atoms with van der Waals surface area (Å²) >= 11 is 0. The molecular formula is C27H57NO3. The second-order valence-electron chi connectivity index (χ2n) is 7.32. The molecule has 31 heavy (non-hydrogen) atoms. The first-order valence-electron chi connectivity index (χ1n) is 13.2. The molecule has 0 aromatic heterocycles. The number of aliphatic carboxylic acids is 1. The Kier molecular flexibility index (Phi) is 43.1. The number of carboxylic acids is 1. The summed E-state index contributed by atoms with van der Waals surface area (Å²) in [6.45, 7) is 16.0. The van der Waals surface area contributed by atoms with E-state index < -0.39 is 12.0 Å². The lowest BCUT2D eigenvalue weighted by Crippen LogP contribution is -2.38. The van der Waals surface area contributed by atoms with Gasteiger partial charge in [0.05, 0.1) is 0 Å². The molecule has 0 saturated heterocycles. The van der Waals surface area contributed by atoms with E-state index in [1.807, 2.05) is 27.7 Å². The topological polar surface area (TPSA) is 66.4 Å². The average molecular weight is 444 g/mol. The predicted octanol–water partition coefficient (Wildman–Crippen LogP) is 8.69. The molecule has 0 aliphatic heterocycles. The van der Waals surface area contributed by atoms with E-state index in [1.54, 1.807) is 0 Å². The number of amides is 1. The Balaban J connectivity index is -0.000000463. The number of carbonyl (C=O) groups excluding carboxylic acids is 1. The van der Waals surface area contributed by atoms with E-state index in [2.05, 4.69) is 38.2 Å². The molecule has 0 saturated carbocycles. The van der Waals surface area contributed by atoms with Gasteiger partial charge in [0.15, 0.2) is 0 Å². The summed E-state index contributed by atoms with van der Waals surface area (Å²) in [5.41, 5.74) is 0. The minimum absolute atomic E-state index is 0.160. The third-order valence-corrected chi connectivity index (χ3v) is 4.16. The fourth-order valence-electron chi connectivity index (χ4n) is 2.55. The number of unbranched alkanes of at least 4 members (excludes halogenated alkanes) is 10. The molecule has 0 spiro atoms. The van der Waals surface area contributed by atoms with Crippen molar-refractivity contribution in [3.8, 4) is 0 Å². The molecule has 1 atom stereocenters. The van der Waals surface area contributed by atoms with Gasteiger partial charge in [-0.1, -0.05) is 112 Å². The van der Waals surface area contributed by atoms with Crippen molar-refractivity contribution in [2.45, 2.75) is 151 Å². The van der Waals surface area contributed by atoms with E-state index >= 15 is 0 Å². The van der Waals surface area contributed by atoms with Crippen LogP contribution in [0.2, 0.25) is 0 Å². The number of allylic oxidation sites excluding steroid dienone is 2. The first-order chi connectivity index (χ1) is 15.0. The highest BCUT2D eigenvalue weighted by atomic mass is 16.4. The maximum absolute atomic E-state index is 11.5. The van der Waals surface area contributed by atoms with Crippen LogP contribution in [-0.4, -0.2) is 23.0 Å². The Morgan fingerprint density at radius 2 is 1.13 bits per heavy atom. The van der Waals surface area contributed by atoms with Gasteiger partial charge in [0.2, 0.25) is 5.91 Å². The van der Waals surface area contributed by atoms with Crippen LogP contribution in [0.15, 0.2) is 12.2 Å². The first-order valence-corrected chi connectivity index (χ1v) is 13.2. The standard InChI is InChI=1S/C20H37NO3.C3H8.2C2H6/c1-3-4-5-6-7-8-9-10-11-12-13-14-15-16-17-19(22)21-18(2)20(23)24;1-3-2;2*1-2/h9-10,18H,3-8,11-17H2,1-2H3,(H,21,22)(H,23,24);3H2,1-2H3;2*1-2H3/b10-9-;;;. The Labute approximate surface area is 195 Å². The fourth-order valence-corrected chi connectivity index (χ4v) is 2.55. The van der Waals surface area contributed by atoms with Gasteiger partial charge in [-0.15, -0.1) is 0 Å². The number of hydrogen-bond donors (Lipinski definition) is 2. The highest BCUT2D eigenvalue weighted by molar-refractivity contribution is 5.83. The number of nitrogens with one attached hydrogen (secondary N) is 1. The van der Waals surface area contributed by atoms with Gasteiger partial charge >= 0.3 is 5.97 Å². The van der Waals surface area contributed by atoms with Crippen LogP contribution < -0.4 is 5.32 Å². The summed E-state index contributed by atoms with van der Waals surface area (Å²) in [4.78, 5) is 22.1. The molecule has 2 N–H and O–H groups in total. The zero-order valence-corrected chi connectivity index (χ0v) is 22.4. The second kappa shape index (κ2) is 36.1. The molecule has 0 heterocycles. The quantitative estimate of drug-likeness (QED) is 0.185. The molecule has 0 rings (SSSR count). The van der Waals surface area contributed by atoms with Gasteiger partial charge in [0.25, 0.3) is 0 Å². The van der Waals surface area contributed by atoms with Gasteiger partial charge in [0, 0.05) is 6.42 Å². The molecule has 4 heteroatoms. The molecule has 188 valence electrons. The lowest BCUT2D eigenvalue weighted by atomic mass is 10.1. The van der Waals surface area contributed by atoms with Crippen molar-refractivity contribution in [2.24, 2.45) is 0 Å². The van der Waals surface area contributed by atoms with Gasteiger partial charge in [-0.05, 0) is 39.0 Å². The van der Waals surface area contributed by atoms with Crippen molar-refractivity contribution in [3.05, 3.63) is 12.2 Å². The van der Waals surface area contributed by atoms with Gasteiger partial charge in [0.1, 0.15) is 6.04 Å². The summed E-state index contributed by atoms with van der Waals surface area (Å²) in [5.74, 6) is -1.15. The largest absolute Gasteiger partial charge is 0.480 e. The highest BCUT2D eigenvalue weighted by Crippen LogP contribution is 2.09. The molecule has 0 radical (unpaired) electrons. The summed E-state index contributed by atoms with van der Waals surface area (Å²) in [6.07, 6.45) is 20.8. The van der Waals surface area contributed by atoms with Crippen LogP contribution in [0.3, 0.4) is 0 Å². The second-order valence-corrected chi connectivity index (χ2v) is 7.32. The lowest BCUT2D eigenvalue weighted by molar-refractivity contribution is -0.141. The molecule has 0 bridgehead atoms. The summed E-state index contributed by atoms with van der Waals surface area (Å²) in [6, 6.07) is -0.795. The number of carbonyl (C=O) groups is 2. The van der Waals surface area contributed by atoms with Gasteiger partial charge in [-0.2, -0.15) is 0 Å². The Hall–Kier alpha value is -1.32. The Morgan fingerprint density at radius 3 is 1.55 bits per heavy atom.